The number of anilines is 1. The molecule has 0 spiro atoms. The molecule has 3 heterocycles. The number of carboxylic acid groups (broad SMARTS) is 1. The highest BCUT2D eigenvalue weighted by atomic mass is 32.2. The Morgan fingerprint density at radius 3 is 2.69 bits per heavy atom. The molecule has 1 fully saturated rings. The van der Waals surface area contributed by atoms with Gasteiger partial charge in [0.05, 0.1) is 28.6 Å². The largest absolute Gasteiger partial charge is 0.480 e. The van der Waals surface area contributed by atoms with E-state index < -0.39 is 46.6 Å². The Morgan fingerprint density at radius 2 is 1.96 bits per heavy atom. The zero-order valence-corrected chi connectivity index (χ0v) is 25.6. The lowest BCUT2D eigenvalue weighted by molar-refractivity contribution is -0.142. The molecule has 0 saturated carbocycles. The SMILES string of the molecule is Cc1c(C(=O)NCc2cnc(-c3ccc(CN4CC(F)(F)C[C@H]4C(=O)O)cc3)s2)ccc2c1NCC1=C(C=CCC1=O)S2(=O)=O. The fourth-order valence-corrected chi connectivity index (χ4v) is 8.43. The summed E-state index contributed by atoms with van der Waals surface area (Å²) in [5.41, 5.74) is 2.71. The van der Waals surface area contributed by atoms with Gasteiger partial charge in [0, 0.05) is 53.7 Å². The van der Waals surface area contributed by atoms with Gasteiger partial charge >= 0.3 is 5.97 Å². The molecule has 1 atom stereocenters. The number of aromatic nitrogens is 1. The van der Waals surface area contributed by atoms with Crippen LogP contribution in [-0.2, 0) is 32.5 Å². The summed E-state index contributed by atoms with van der Waals surface area (Å²) in [7, 11) is -3.96. The van der Waals surface area contributed by atoms with Crippen molar-refractivity contribution in [2.24, 2.45) is 0 Å². The molecule has 0 unspecified atom stereocenters. The summed E-state index contributed by atoms with van der Waals surface area (Å²) in [4.78, 5) is 43.5. The van der Waals surface area contributed by atoms with E-state index in [-0.39, 0.29) is 47.2 Å². The molecule has 2 aliphatic heterocycles. The van der Waals surface area contributed by atoms with Crippen LogP contribution in [0.5, 0.6) is 0 Å². The number of amides is 1. The lowest BCUT2D eigenvalue weighted by Crippen LogP contribution is -2.35. The van der Waals surface area contributed by atoms with Gasteiger partial charge in [0.1, 0.15) is 11.0 Å². The molecular formula is C31H28F2N4O6S2. The number of nitrogens with zero attached hydrogens (tertiary/aromatic N) is 2. The second-order valence-electron chi connectivity index (χ2n) is 11.2. The maximum atomic E-state index is 13.8. The number of fused-ring (bicyclic) bond motifs is 1. The number of nitrogens with one attached hydrogen (secondary N) is 2. The standard InChI is InChI=1S/C31H28F2N4O6S2/c1-17-21(9-10-26-27(17)34-14-22-24(38)3-2-4-25(22)45(26,42)43)28(39)35-12-20-13-36-29(44-20)19-7-5-18(6-8-19)15-37-16-31(32,33)11-23(37)30(40)41/h2,4-10,13,23,34H,3,11-12,14-16H2,1H3,(H,35,39)(H,40,41)/t23-/m0/s1. The van der Waals surface area contributed by atoms with Gasteiger partial charge in [-0.15, -0.1) is 11.3 Å². The highest BCUT2D eigenvalue weighted by Gasteiger charge is 2.48. The first-order valence-corrected chi connectivity index (χ1v) is 16.4. The van der Waals surface area contributed by atoms with Gasteiger partial charge < -0.3 is 15.7 Å². The number of alkyl halides is 2. The van der Waals surface area contributed by atoms with Crippen LogP contribution in [0.25, 0.3) is 10.6 Å². The minimum atomic E-state index is -3.96. The van der Waals surface area contributed by atoms with Crippen molar-refractivity contribution in [3.63, 3.8) is 0 Å². The number of thiazole rings is 1. The number of aliphatic carboxylic acids is 1. The summed E-state index contributed by atoms with van der Waals surface area (Å²) < 4.78 is 54.4. The summed E-state index contributed by atoms with van der Waals surface area (Å²) in [5.74, 6) is -4.96. The molecule has 6 rings (SSSR count). The minimum Gasteiger partial charge on any atom is -0.480 e. The summed E-state index contributed by atoms with van der Waals surface area (Å²) in [5, 5.41) is 15.9. The maximum absolute atomic E-state index is 13.8. The molecule has 1 aliphatic carbocycles. The van der Waals surface area contributed by atoms with E-state index >= 15 is 0 Å². The average molecular weight is 655 g/mol. The van der Waals surface area contributed by atoms with Crippen LogP contribution < -0.4 is 10.6 Å². The van der Waals surface area contributed by atoms with Crippen molar-refractivity contribution in [3.05, 3.63) is 86.8 Å². The monoisotopic (exact) mass is 654 g/mol. The van der Waals surface area contributed by atoms with Crippen LogP contribution in [0.15, 0.2) is 70.1 Å². The van der Waals surface area contributed by atoms with Crippen LogP contribution in [0.1, 0.15) is 39.2 Å². The van der Waals surface area contributed by atoms with Crippen LogP contribution in [0.2, 0.25) is 0 Å². The Morgan fingerprint density at radius 1 is 1.20 bits per heavy atom. The van der Waals surface area contributed by atoms with Gasteiger partial charge in [-0.3, -0.25) is 19.3 Å². The number of benzene rings is 2. The number of Topliss-reactive ketones (excluding diaryl/α,β-unsaturated/α-hetero) is 1. The number of rotatable bonds is 7. The van der Waals surface area contributed by atoms with Gasteiger partial charge in [-0.05, 0) is 36.3 Å². The number of sulfone groups is 1. The van der Waals surface area contributed by atoms with Crippen molar-refractivity contribution >= 4 is 44.5 Å². The molecule has 2 aromatic carbocycles. The lowest BCUT2D eigenvalue weighted by atomic mass is 10.0. The number of hydrogen-bond donors (Lipinski definition) is 3. The molecule has 45 heavy (non-hydrogen) atoms. The first-order chi connectivity index (χ1) is 21.3. The van der Waals surface area contributed by atoms with E-state index in [2.05, 4.69) is 15.6 Å². The van der Waals surface area contributed by atoms with Gasteiger partial charge in [-0.1, -0.05) is 30.3 Å². The number of ketones is 1. The Balaban J connectivity index is 1.11. The van der Waals surface area contributed by atoms with Crippen LogP contribution in [0, 0.1) is 6.92 Å². The fraction of sp³-hybridized carbons (Fsp3) is 0.290. The molecular weight excluding hydrogens is 626 g/mol. The Bertz CT molecular complexity index is 1900. The lowest BCUT2D eigenvalue weighted by Gasteiger charge is -2.20. The van der Waals surface area contributed by atoms with Crippen LogP contribution in [0.3, 0.4) is 0 Å². The van der Waals surface area contributed by atoms with E-state index in [1.165, 1.54) is 40.5 Å². The average Bonchev–Trinajstić information content (AvgIpc) is 3.56. The molecule has 1 saturated heterocycles. The van der Waals surface area contributed by atoms with E-state index in [9.17, 15) is 36.7 Å². The third-order valence-corrected chi connectivity index (χ3v) is 11.0. The minimum absolute atomic E-state index is 0.0130. The van der Waals surface area contributed by atoms with E-state index in [1.54, 1.807) is 37.4 Å². The predicted octanol–water partition coefficient (Wildman–Crippen LogP) is 4.33. The van der Waals surface area contributed by atoms with Crippen molar-refractivity contribution in [3.8, 4) is 10.6 Å². The second-order valence-corrected chi connectivity index (χ2v) is 14.2. The number of carbonyl (C=O) groups is 3. The molecule has 0 radical (unpaired) electrons. The fourth-order valence-electron chi connectivity index (χ4n) is 5.81. The van der Waals surface area contributed by atoms with Crippen molar-refractivity contribution in [2.75, 3.05) is 18.4 Å². The van der Waals surface area contributed by atoms with Crippen LogP contribution >= 0.6 is 11.3 Å². The normalized spacial score (nSPS) is 20.2. The first kappa shape index (κ1) is 30.7. The zero-order chi connectivity index (χ0) is 32.1. The van der Waals surface area contributed by atoms with Crippen LogP contribution in [-0.4, -0.2) is 66.1 Å². The Hall–Kier alpha value is -4.27. The van der Waals surface area contributed by atoms with Crippen molar-refractivity contribution in [1.29, 1.82) is 0 Å². The smallest absolute Gasteiger partial charge is 0.321 e. The van der Waals surface area contributed by atoms with Gasteiger partial charge in [-0.2, -0.15) is 0 Å². The maximum Gasteiger partial charge on any atom is 0.321 e. The van der Waals surface area contributed by atoms with E-state index in [0.29, 0.717) is 27.4 Å². The summed E-state index contributed by atoms with van der Waals surface area (Å²) in [6.45, 7) is 1.35. The zero-order valence-electron chi connectivity index (χ0n) is 24.0. The third kappa shape index (κ3) is 5.92. The quantitative estimate of drug-likeness (QED) is 0.339. The van der Waals surface area contributed by atoms with Crippen molar-refractivity contribution in [2.45, 2.75) is 49.7 Å². The second kappa shape index (κ2) is 11.6. The van der Waals surface area contributed by atoms with Gasteiger partial charge in [0.25, 0.3) is 11.8 Å². The topological polar surface area (TPSA) is 146 Å². The number of carbonyl (C=O) groups excluding carboxylic acids is 2. The third-order valence-electron chi connectivity index (χ3n) is 8.11. The van der Waals surface area contributed by atoms with E-state index in [4.69, 9.17) is 0 Å². The molecule has 234 valence electrons. The molecule has 1 amide bonds. The number of hydrogen-bond acceptors (Lipinski definition) is 9. The summed E-state index contributed by atoms with van der Waals surface area (Å²) >= 11 is 1.36. The van der Waals surface area contributed by atoms with Crippen LogP contribution in [0.4, 0.5) is 14.5 Å². The number of allylic oxidation sites excluding steroid dienone is 2. The molecule has 0 bridgehead atoms. The molecule has 14 heteroatoms. The van der Waals surface area contributed by atoms with Crippen molar-refractivity contribution < 1.29 is 36.7 Å². The number of halogens is 2. The highest BCUT2D eigenvalue weighted by Crippen LogP contribution is 2.38. The van der Waals surface area contributed by atoms with Gasteiger partial charge in [-0.25, -0.2) is 22.2 Å². The number of carboxylic acids is 1. The Labute approximate surface area is 261 Å². The molecule has 3 aliphatic rings. The van der Waals surface area contributed by atoms with E-state index in [1.807, 2.05) is 0 Å². The van der Waals surface area contributed by atoms with E-state index in [0.717, 1.165) is 10.4 Å². The molecule has 3 N–H and O–H groups in total. The predicted molar refractivity (Wildman–Crippen MR) is 163 cm³/mol. The van der Waals surface area contributed by atoms with Crippen molar-refractivity contribution in [1.82, 2.24) is 15.2 Å². The van der Waals surface area contributed by atoms with Gasteiger partial charge in [0.2, 0.25) is 9.84 Å². The number of likely N-dealkylation sites (tertiary alicyclic amines) is 1. The molecule has 3 aromatic rings. The van der Waals surface area contributed by atoms with Gasteiger partial charge in [0.15, 0.2) is 5.78 Å². The highest BCUT2D eigenvalue weighted by molar-refractivity contribution is 7.95. The molecule has 1 aromatic heterocycles. The summed E-state index contributed by atoms with van der Waals surface area (Å²) in [6.07, 6.45) is 4.07. The summed E-state index contributed by atoms with van der Waals surface area (Å²) in [6, 6.07) is 8.69. The Kier molecular flexibility index (Phi) is 7.91. The first-order valence-electron chi connectivity index (χ1n) is 14.1. The molecule has 10 nitrogen and oxygen atoms in total.